The first-order chi connectivity index (χ1) is 14.0. The standard InChI is InChI=1S/C26H52N2O2/c1-21(2)17-27(18-22(3)4)25(29)15-13-11-9-10-12-14-16-26(30)28(19-23(5)6)20-24(7)8/h21-24H,9-20H2,1-8H3. The molecule has 0 aliphatic heterocycles. The first kappa shape index (κ1) is 28.9. The van der Waals surface area contributed by atoms with E-state index in [1.165, 1.54) is 0 Å². The van der Waals surface area contributed by atoms with E-state index >= 15 is 0 Å². The number of rotatable bonds is 17. The summed E-state index contributed by atoms with van der Waals surface area (Å²) in [6.07, 6.45) is 7.89. The number of carbonyl (C=O) groups excluding carboxylic acids is 2. The first-order valence-electron chi connectivity index (χ1n) is 12.6. The van der Waals surface area contributed by atoms with Crippen LogP contribution in [0.3, 0.4) is 0 Å². The van der Waals surface area contributed by atoms with Gasteiger partial charge in [0.1, 0.15) is 0 Å². The van der Waals surface area contributed by atoms with Crippen LogP contribution in [0.5, 0.6) is 0 Å². The minimum atomic E-state index is 0.318. The molecule has 4 nitrogen and oxygen atoms in total. The summed E-state index contributed by atoms with van der Waals surface area (Å²) >= 11 is 0. The van der Waals surface area contributed by atoms with Crippen LogP contribution >= 0.6 is 0 Å². The zero-order chi connectivity index (χ0) is 23.1. The van der Waals surface area contributed by atoms with Crippen molar-refractivity contribution in [2.24, 2.45) is 23.7 Å². The molecule has 178 valence electrons. The Labute approximate surface area is 188 Å². The molecule has 0 fully saturated rings. The van der Waals surface area contributed by atoms with Crippen molar-refractivity contribution in [2.75, 3.05) is 26.2 Å². The zero-order valence-corrected chi connectivity index (χ0v) is 21.5. The third kappa shape index (κ3) is 15.7. The molecular formula is C26H52N2O2. The van der Waals surface area contributed by atoms with Gasteiger partial charge in [0, 0.05) is 39.0 Å². The monoisotopic (exact) mass is 424 g/mol. The van der Waals surface area contributed by atoms with E-state index in [2.05, 4.69) is 65.2 Å². The van der Waals surface area contributed by atoms with Crippen LogP contribution in [-0.4, -0.2) is 47.8 Å². The molecule has 0 saturated heterocycles. The summed E-state index contributed by atoms with van der Waals surface area (Å²) in [6.45, 7) is 20.9. The van der Waals surface area contributed by atoms with E-state index in [0.717, 1.165) is 64.7 Å². The van der Waals surface area contributed by atoms with Gasteiger partial charge in [-0.2, -0.15) is 0 Å². The van der Waals surface area contributed by atoms with Crippen LogP contribution in [-0.2, 0) is 9.59 Å². The van der Waals surface area contributed by atoms with Crippen molar-refractivity contribution in [3.05, 3.63) is 0 Å². The summed E-state index contributed by atoms with van der Waals surface area (Å²) in [5, 5.41) is 0. The van der Waals surface area contributed by atoms with E-state index in [1.54, 1.807) is 0 Å². The lowest BCUT2D eigenvalue weighted by Crippen LogP contribution is -2.36. The normalized spacial score (nSPS) is 11.7. The Balaban J connectivity index is 3.99. The van der Waals surface area contributed by atoms with Crippen molar-refractivity contribution in [1.29, 1.82) is 0 Å². The van der Waals surface area contributed by atoms with E-state index in [9.17, 15) is 9.59 Å². The molecule has 0 aliphatic carbocycles. The van der Waals surface area contributed by atoms with Crippen molar-refractivity contribution in [3.63, 3.8) is 0 Å². The Bertz CT molecular complexity index is 396. The Morgan fingerprint density at radius 2 is 0.700 bits per heavy atom. The molecule has 0 unspecified atom stereocenters. The molecule has 4 heteroatoms. The maximum atomic E-state index is 12.5. The van der Waals surface area contributed by atoms with Gasteiger partial charge in [-0.3, -0.25) is 9.59 Å². The zero-order valence-electron chi connectivity index (χ0n) is 21.5. The van der Waals surface area contributed by atoms with Crippen LogP contribution in [0.15, 0.2) is 0 Å². The van der Waals surface area contributed by atoms with Crippen molar-refractivity contribution < 1.29 is 9.59 Å². The number of carbonyl (C=O) groups is 2. The van der Waals surface area contributed by atoms with Crippen molar-refractivity contribution >= 4 is 11.8 Å². The predicted molar refractivity (Wildman–Crippen MR) is 129 cm³/mol. The number of hydrogen-bond acceptors (Lipinski definition) is 2. The summed E-state index contributed by atoms with van der Waals surface area (Å²) < 4.78 is 0. The van der Waals surface area contributed by atoms with Crippen molar-refractivity contribution in [1.82, 2.24) is 9.80 Å². The van der Waals surface area contributed by atoms with Crippen LogP contribution in [0.4, 0.5) is 0 Å². The van der Waals surface area contributed by atoms with E-state index in [-0.39, 0.29) is 0 Å². The summed E-state index contributed by atoms with van der Waals surface area (Å²) in [6, 6.07) is 0. The molecule has 0 aromatic rings. The molecule has 0 spiro atoms. The van der Waals surface area contributed by atoms with Crippen molar-refractivity contribution in [3.8, 4) is 0 Å². The lowest BCUT2D eigenvalue weighted by molar-refractivity contribution is -0.133. The van der Waals surface area contributed by atoms with Gasteiger partial charge in [-0.05, 0) is 36.5 Å². The third-order valence-electron chi connectivity index (χ3n) is 5.08. The van der Waals surface area contributed by atoms with E-state index in [1.807, 2.05) is 0 Å². The highest BCUT2D eigenvalue weighted by Gasteiger charge is 2.17. The largest absolute Gasteiger partial charge is 0.342 e. The van der Waals surface area contributed by atoms with E-state index in [4.69, 9.17) is 0 Å². The van der Waals surface area contributed by atoms with Gasteiger partial charge in [-0.1, -0.05) is 81.1 Å². The fourth-order valence-electron chi connectivity index (χ4n) is 3.90. The lowest BCUT2D eigenvalue weighted by Gasteiger charge is -2.26. The second kappa shape index (κ2) is 16.6. The predicted octanol–water partition coefficient (Wildman–Crippen LogP) is 6.39. The molecule has 0 aromatic carbocycles. The average Bonchev–Trinajstić information content (AvgIpc) is 2.60. The number of unbranched alkanes of at least 4 members (excludes halogenated alkanes) is 5. The minimum Gasteiger partial charge on any atom is -0.342 e. The van der Waals surface area contributed by atoms with Gasteiger partial charge in [0.25, 0.3) is 0 Å². The molecule has 0 atom stereocenters. The molecule has 0 radical (unpaired) electrons. The third-order valence-corrected chi connectivity index (χ3v) is 5.08. The molecular weight excluding hydrogens is 372 g/mol. The number of nitrogens with zero attached hydrogens (tertiary/aromatic N) is 2. The number of hydrogen-bond donors (Lipinski definition) is 0. The quantitative estimate of drug-likeness (QED) is 0.254. The molecule has 0 aliphatic rings. The second-order valence-corrected chi connectivity index (χ2v) is 10.8. The molecule has 2 amide bonds. The van der Waals surface area contributed by atoms with Crippen LogP contribution in [0.2, 0.25) is 0 Å². The smallest absolute Gasteiger partial charge is 0.222 e. The molecule has 30 heavy (non-hydrogen) atoms. The Hall–Kier alpha value is -1.06. The lowest BCUT2D eigenvalue weighted by atomic mass is 10.1. The summed E-state index contributed by atoms with van der Waals surface area (Å²) in [5.74, 6) is 2.72. The average molecular weight is 425 g/mol. The minimum absolute atomic E-state index is 0.318. The maximum absolute atomic E-state index is 12.5. The molecule has 0 bridgehead atoms. The second-order valence-electron chi connectivity index (χ2n) is 10.8. The van der Waals surface area contributed by atoms with E-state index in [0.29, 0.717) is 48.3 Å². The highest BCUT2D eigenvalue weighted by atomic mass is 16.2. The Morgan fingerprint density at radius 3 is 0.933 bits per heavy atom. The summed E-state index contributed by atoms with van der Waals surface area (Å²) in [5.41, 5.74) is 0. The van der Waals surface area contributed by atoms with Crippen LogP contribution < -0.4 is 0 Å². The topological polar surface area (TPSA) is 40.6 Å². The summed E-state index contributed by atoms with van der Waals surface area (Å²) in [4.78, 5) is 29.2. The Morgan fingerprint density at radius 1 is 0.467 bits per heavy atom. The first-order valence-corrected chi connectivity index (χ1v) is 12.6. The van der Waals surface area contributed by atoms with Gasteiger partial charge < -0.3 is 9.80 Å². The van der Waals surface area contributed by atoms with Crippen molar-refractivity contribution in [2.45, 2.75) is 107 Å². The van der Waals surface area contributed by atoms with Gasteiger partial charge >= 0.3 is 0 Å². The van der Waals surface area contributed by atoms with E-state index < -0.39 is 0 Å². The van der Waals surface area contributed by atoms with Gasteiger partial charge in [0.05, 0.1) is 0 Å². The molecule has 0 aromatic heterocycles. The summed E-state index contributed by atoms with van der Waals surface area (Å²) in [7, 11) is 0. The van der Waals surface area contributed by atoms with Gasteiger partial charge in [-0.25, -0.2) is 0 Å². The molecule has 0 rings (SSSR count). The van der Waals surface area contributed by atoms with Crippen LogP contribution in [0.1, 0.15) is 107 Å². The molecule has 0 heterocycles. The maximum Gasteiger partial charge on any atom is 0.222 e. The highest BCUT2D eigenvalue weighted by molar-refractivity contribution is 5.76. The molecule has 0 saturated carbocycles. The van der Waals surface area contributed by atoms with Crippen LogP contribution in [0.25, 0.3) is 0 Å². The fourth-order valence-corrected chi connectivity index (χ4v) is 3.90. The molecule has 0 N–H and O–H groups in total. The fraction of sp³-hybridized carbons (Fsp3) is 0.923. The van der Waals surface area contributed by atoms with Gasteiger partial charge in [0.2, 0.25) is 11.8 Å². The number of amides is 2. The van der Waals surface area contributed by atoms with Gasteiger partial charge in [0.15, 0.2) is 0 Å². The van der Waals surface area contributed by atoms with Crippen LogP contribution in [0, 0.1) is 23.7 Å². The SMILES string of the molecule is CC(C)CN(CC(C)C)C(=O)CCCCCCCCC(=O)N(CC(C)C)CC(C)C. The van der Waals surface area contributed by atoms with Gasteiger partial charge in [-0.15, -0.1) is 0 Å². The highest BCUT2D eigenvalue weighted by Crippen LogP contribution is 2.13. The Kier molecular flexibility index (Phi) is 16.0.